The van der Waals surface area contributed by atoms with Gasteiger partial charge in [0, 0.05) is 28.7 Å². The van der Waals surface area contributed by atoms with E-state index >= 15 is 0 Å². The van der Waals surface area contributed by atoms with E-state index in [4.69, 9.17) is 0 Å². The maximum absolute atomic E-state index is 3.93. The Morgan fingerprint density at radius 3 is 2.17 bits per heavy atom. The van der Waals surface area contributed by atoms with E-state index in [1.807, 2.05) is 0 Å². The lowest BCUT2D eigenvalue weighted by atomic mass is 9.66. The zero-order valence-corrected chi connectivity index (χ0v) is 18.8. The average Bonchev–Trinajstić information content (AvgIpc) is 3.10. The number of H-pyrrole nitrogens is 1. The zero-order chi connectivity index (χ0) is 18.5. The van der Waals surface area contributed by atoms with E-state index in [1.165, 1.54) is 47.8 Å². The van der Waals surface area contributed by atoms with Crippen molar-refractivity contribution in [1.29, 1.82) is 0 Å². The highest BCUT2D eigenvalue weighted by Crippen LogP contribution is 2.50. The molecule has 5 heteroatoms. The van der Waals surface area contributed by atoms with Gasteiger partial charge in [0.25, 0.3) is 0 Å². The van der Waals surface area contributed by atoms with Crippen LogP contribution in [0, 0.1) is 0 Å². The number of fused-ring (bicyclic) bond motifs is 4. The summed E-state index contributed by atoms with van der Waals surface area (Å²) in [5.41, 5.74) is 5.98. The summed E-state index contributed by atoms with van der Waals surface area (Å²) in [7, 11) is 4.49. The molecule has 1 saturated carbocycles. The van der Waals surface area contributed by atoms with Crippen LogP contribution in [-0.4, -0.2) is 30.5 Å². The van der Waals surface area contributed by atoms with Crippen molar-refractivity contribution in [3.63, 3.8) is 0 Å². The fourth-order valence-electron chi connectivity index (χ4n) is 5.64. The van der Waals surface area contributed by atoms with Gasteiger partial charge in [-0.05, 0) is 63.4 Å². The topological polar surface area (TPSA) is 31.1 Å². The van der Waals surface area contributed by atoms with Crippen LogP contribution in [0.3, 0.4) is 0 Å². The van der Waals surface area contributed by atoms with Gasteiger partial charge in [0.05, 0.1) is 5.54 Å². The van der Waals surface area contributed by atoms with Gasteiger partial charge >= 0.3 is 0 Å². The summed E-state index contributed by atoms with van der Waals surface area (Å²) in [5.74, 6) is 0. The summed E-state index contributed by atoms with van der Waals surface area (Å²) in [5, 5.41) is 5.35. The fourth-order valence-corrected chi connectivity index (χ4v) is 5.64. The van der Waals surface area contributed by atoms with Crippen LogP contribution in [-0.2, 0) is 17.5 Å². The van der Waals surface area contributed by atoms with Crippen molar-refractivity contribution in [2.45, 2.75) is 43.2 Å². The molecule has 0 radical (unpaired) electrons. The summed E-state index contributed by atoms with van der Waals surface area (Å²) in [4.78, 5) is 6.25. The Morgan fingerprint density at radius 2 is 1.48 bits per heavy atom. The van der Waals surface area contributed by atoms with Crippen LogP contribution in [0.2, 0.25) is 0 Å². The van der Waals surface area contributed by atoms with Gasteiger partial charge < -0.3 is 10.3 Å². The molecule has 1 fully saturated rings. The quantitative estimate of drug-likeness (QED) is 0.570. The second-order valence-corrected chi connectivity index (χ2v) is 8.58. The second kappa shape index (κ2) is 8.31. The number of hydrogen-bond donors (Lipinski definition) is 2. The molecule has 3 nitrogen and oxygen atoms in total. The number of benzene rings is 2. The molecule has 1 spiro atoms. The monoisotopic (exact) mass is 431 g/mol. The number of nitrogens with one attached hydrogen (secondary N) is 2. The number of rotatable bonds is 2. The van der Waals surface area contributed by atoms with Crippen molar-refractivity contribution in [3.05, 3.63) is 71.4 Å². The van der Waals surface area contributed by atoms with E-state index in [9.17, 15) is 0 Å². The molecule has 2 aromatic carbocycles. The lowest BCUT2D eigenvalue weighted by Gasteiger charge is -2.51. The first-order chi connectivity index (χ1) is 13.1. The fraction of sp³-hybridized carbons (Fsp3) is 0.417. The number of nitrogens with zero attached hydrogens (tertiary/aromatic N) is 1. The molecule has 1 aromatic heterocycles. The summed E-state index contributed by atoms with van der Waals surface area (Å²) < 4.78 is 0. The smallest absolute Gasteiger partial charge is 0.0591 e. The molecule has 29 heavy (non-hydrogen) atoms. The van der Waals surface area contributed by atoms with E-state index in [0.29, 0.717) is 0 Å². The summed E-state index contributed by atoms with van der Waals surface area (Å²) >= 11 is 0. The van der Waals surface area contributed by atoms with Crippen molar-refractivity contribution >= 4 is 35.7 Å². The van der Waals surface area contributed by atoms with Crippen molar-refractivity contribution in [3.8, 4) is 0 Å². The van der Waals surface area contributed by atoms with Crippen molar-refractivity contribution < 1.29 is 0 Å². The number of para-hydroxylation sites is 1. The van der Waals surface area contributed by atoms with Crippen LogP contribution in [0.25, 0.3) is 10.9 Å². The summed E-state index contributed by atoms with van der Waals surface area (Å²) in [6.07, 6.45) is 5.80. The molecule has 0 atom stereocenters. The highest BCUT2D eigenvalue weighted by atomic mass is 35.5. The van der Waals surface area contributed by atoms with Gasteiger partial charge in [0.1, 0.15) is 0 Å². The van der Waals surface area contributed by atoms with E-state index < -0.39 is 0 Å². The minimum absolute atomic E-state index is 0. The van der Waals surface area contributed by atoms with Gasteiger partial charge in [-0.25, -0.2) is 0 Å². The molecule has 156 valence electrons. The molecule has 1 aliphatic heterocycles. The van der Waals surface area contributed by atoms with E-state index in [-0.39, 0.29) is 35.9 Å². The number of aromatic amines is 1. The van der Waals surface area contributed by atoms with Crippen LogP contribution in [0.1, 0.15) is 42.5 Å². The molecule has 2 N–H and O–H groups in total. The highest BCUT2D eigenvalue weighted by Gasteiger charge is 2.48. The number of hydrogen-bond acceptors (Lipinski definition) is 2. The van der Waals surface area contributed by atoms with Gasteiger partial charge in [-0.3, -0.25) is 4.90 Å². The number of halogens is 2. The Labute approximate surface area is 186 Å². The lowest BCUT2D eigenvalue weighted by molar-refractivity contribution is 0.0496. The van der Waals surface area contributed by atoms with E-state index in [0.717, 1.165) is 13.0 Å². The molecule has 0 unspecified atom stereocenters. The van der Waals surface area contributed by atoms with E-state index in [2.05, 4.69) is 83.9 Å². The van der Waals surface area contributed by atoms with Gasteiger partial charge in [0.2, 0.25) is 0 Å². The maximum atomic E-state index is 3.93. The predicted molar refractivity (Wildman–Crippen MR) is 126 cm³/mol. The van der Waals surface area contributed by atoms with E-state index in [1.54, 1.807) is 5.56 Å². The largest absolute Gasteiger partial charge is 0.357 e. The standard InChI is InChI=1S/C24H29N3.2ClH/c1-27(2)24(18-8-4-3-5-9-18)15-13-23(14-16-24)22-20(12-17-25-23)19-10-6-7-11-21(19)26-22;;/h3-11,25-26H,12-17H2,1-2H3;2*1H. The summed E-state index contributed by atoms with van der Waals surface area (Å²) in [6, 6.07) is 19.9. The van der Waals surface area contributed by atoms with Crippen molar-refractivity contribution in [1.82, 2.24) is 15.2 Å². The molecule has 5 rings (SSSR count). The lowest BCUT2D eigenvalue weighted by Crippen LogP contribution is -2.55. The first kappa shape index (κ1) is 22.2. The molecule has 2 aliphatic rings. The third-order valence-corrected chi connectivity index (χ3v) is 7.23. The van der Waals surface area contributed by atoms with Crippen LogP contribution in [0.4, 0.5) is 0 Å². The zero-order valence-electron chi connectivity index (χ0n) is 17.2. The second-order valence-electron chi connectivity index (χ2n) is 8.58. The molecule has 0 saturated heterocycles. The molecular formula is C24H31Cl2N3. The van der Waals surface area contributed by atoms with Crippen LogP contribution >= 0.6 is 24.8 Å². The SMILES string of the molecule is CN(C)C1(c2ccccc2)CCC2(CC1)NCCc1c2[nH]c2ccccc12.Cl.Cl. The normalized spacial score (nSPS) is 26.0. The molecule has 0 amide bonds. The Balaban J connectivity index is 0.00000120. The molecule has 2 heterocycles. The van der Waals surface area contributed by atoms with Crippen LogP contribution in [0.15, 0.2) is 54.6 Å². The Bertz CT molecular complexity index is 957. The van der Waals surface area contributed by atoms with Crippen molar-refractivity contribution in [2.24, 2.45) is 0 Å². The maximum Gasteiger partial charge on any atom is 0.0591 e. The Hall–Kier alpha value is -1.52. The molecule has 3 aromatic rings. The highest BCUT2D eigenvalue weighted by molar-refractivity contribution is 5.86. The molecular weight excluding hydrogens is 401 g/mol. The first-order valence-electron chi connectivity index (χ1n) is 10.2. The van der Waals surface area contributed by atoms with Crippen LogP contribution in [0.5, 0.6) is 0 Å². The third-order valence-electron chi connectivity index (χ3n) is 7.23. The number of aromatic nitrogens is 1. The van der Waals surface area contributed by atoms with Gasteiger partial charge in [-0.2, -0.15) is 0 Å². The van der Waals surface area contributed by atoms with Crippen LogP contribution < -0.4 is 5.32 Å². The first-order valence-corrected chi connectivity index (χ1v) is 10.2. The van der Waals surface area contributed by atoms with Crippen molar-refractivity contribution in [2.75, 3.05) is 20.6 Å². The molecule has 0 bridgehead atoms. The minimum atomic E-state index is 0. The van der Waals surface area contributed by atoms with Gasteiger partial charge in [0.15, 0.2) is 0 Å². The Morgan fingerprint density at radius 1 is 0.828 bits per heavy atom. The third kappa shape index (κ3) is 3.38. The minimum Gasteiger partial charge on any atom is -0.357 e. The average molecular weight is 432 g/mol. The van der Waals surface area contributed by atoms with Gasteiger partial charge in [-0.15, -0.1) is 24.8 Å². The summed E-state index contributed by atoms with van der Waals surface area (Å²) in [6.45, 7) is 1.08. The molecule has 1 aliphatic carbocycles. The predicted octanol–water partition coefficient (Wildman–Crippen LogP) is 5.38. The Kier molecular flexibility index (Phi) is 6.35. The van der Waals surface area contributed by atoms with Gasteiger partial charge in [-0.1, -0.05) is 48.5 Å².